The molecule has 0 saturated carbocycles. The average Bonchev–Trinajstić information content (AvgIpc) is 2.65. The summed E-state index contributed by atoms with van der Waals surface area (Å²) >= 11 is 0. The number of fused-ring (bicyclic) bond motifs is 4. The standard InChI is InChI=1S/C25H16/c1-15-12-19-14-16-6-2-4-8-20(16)22-11-10-18-13-17-7-3-5-9-21(17)23(15)25(18)24(19)22/h2-14H,1H3. The van der Waals surface area contributed by atoms with E-state index in [2.05, 4.69) is 85.8 Å². The predicted molar refractivity (Wildman–Crippen MR) is 110 cm³/mol. The van der Waals surface area contributed by atoms with Gasteiger partial charge in [0.1, 0.15) is 0 Å². The molecule has 0 N–H and O–H groups in total. The average molecular weight is 316 g/mol. The topological polar surface area (TPSA) is 0 Å². The summed E-state index contributed by atoms with van der Waals surface area (Å²) in [6, 6.07) is 29.1. The lowest BCUT2D eigenvalue weighted by Crippen LogP contribution is -1.89. The molecule has 0 aromatic heterocycles. The number of hydrogen-bond donors (Lipinski definition) is 0. The molecule has 6 aromatic rings. The third-order valence-corrected chi connectivity index (χ3v) is 5.65. The van der Waals surface area contributed by atoms with Gasteiger partial charge in [-0.1, -0.05) is 66.7 Å². The molecule has 0 amide bonds. The summed E-state index contributed by atoms with van der Waals surface area (Å²) in [5.41, 5.74) is 1.36. The fourth-order valence-corrected chi connectivity index (χ4v) is 4.62. The number of benzene rings is 6. The van der Waals surface area contributed by atoms with Crippen molar-refractivity contribution in [3.05, 3.63) is 84.4 Å². The van der Waals surface area contributed by atoms with Crippen molar-refractivity contribution >= 4 is 53.9 Å². The molecule has 0 atom stereocenters. The third kappa shape index (κ3) is 1.62. The van der Waals surface area contributed by atoms with Crippen LogP contribution < -0.4 is 0 Å². The summed E-state index contributed by atoms with van der Waals surface area (Å²) < 4.78 is 0. The first-order valence-electron chi connectivity index (χ1n) is 8.80. The van der Waals surface area contributed by atoms with Gasteiger partial charge in [-0.3, -0.25) is 0 Å². The SMILES string of the molecule is Cc1cc2cc3ccccc3c3ccc4cc5ccccc5c1c4c23. The summed E-state index contributed by atoms with van der Waals surface area (Å²) in [4.78, 5) is 0. The minimum atomic E-state index is 1.32. The molecule has 0 aliphatic heterocycles. The quantitative estimate of drug-likeness (QED) is 0.205. The molecule has 0 aliphatic rings. The van der Waals surface area contributed by atoms with Gasteiger partial charge in [0.15, 0.2) is 0 Å². The lowest BCUT2D eigenvalue weighted by Gasteiger charge is -2.17. The van der Waals surface area contributed by atoms with Crippen molar-refractivity contribution in [3.8, 4) is 0 Å². The molecular formula is C25H16. The van der Waals surface area contributed by atoms with Crippen molar-refractivity contribution < 1.29 is 0 Å². The Bertz CT molecular complexity index is 1440. The molecule has 0 aliphatic carbocycles. The van der Waals surface area contributed by atoms with Gasteiger partial charge in [-0.25, -0.2) is 0 Å². The highest BCUT2D eigenvalue weighted by molar-refractivity contribution is 6.33. The molecule has 0 fully saturated rings. The van der Waals surface area contributed by atoms with E-state index in [9.17, 15) is 0 Å². The first kappa shape index (κ1) is 13.2. The van der Waals surface area contributed by atoms with Gasteiger partial charge in [0, 0.05) is 0 Å². The Morgan fingerprint density at radius 1 is 0.440 bits per heavy atom. The summed E-state index contributed by atoms with van der Waals surface area (Å²) in [7, 11) is 0. The molecule has 0 bridgehead atoms. The van der Waals surface area contributed by atoms with E-state index >= 15 is 0 Å². The molecular weight excluding hydrogens is 300 g/mol. The minimum absolute atomic E-state index is 1.32. The van der Waals surface area contributed by atoms with Crippen LogP contribution in [0.15, 0.2) is 78.9 Å². The Balaban J connectivity index is 2.03. The number of aryl methyl sites for hydroxylation is 1. The normalized spacial score (nSPS) is 12.2. The van der Waals surface area contributed by atoms with Gasteiger partial charge in [0.05, 0.1) is 0 Å². The highest BCUT2D eigenvalue weighted by atomic mass is 14.2. The molecule has 0 unspecified atom stereocenters. The minimum Gasteiger partial charge on any atom is -0.0616 e. The largest absolute Gasteiger partial charge is 0.0616 e. The monoisotopic (exact) mass is 316 g/mol. The zero-order valence-corrected chi connectivity index (χ0v) is 14.0. The van der Waals surface area contributed by atoms with Crippen LogP contribution in [0.25, 0.3) is 53.9 Å². The van der Waals surface area contributed by atoms with E-state index in [0.717, 1.165) is 0 Å². The highest BCUT2D eigenvalue weighted by Gasteiger charge is 2.14. The van der Waals surface area contributed by atoms with Crippen molar-refractivity contribution in [3.63, 3.8) is 0 Å². The van der Waals surface area contributed by atoms with Gasteiger partial charge >= 0.3 is 0 Å². The van der Waals surface area contributed by atoms with Crippen LogP contribution in [0, 0.1) is 6.92 Å². The first-order chi connectivity index (χ1) is 12.3. The lowest BCUT2D eigenvalue weighted by molar-refractivity contribution is 1.57. The lowest BCUT2D eigenvalue weighted by atomic mass is 9.87. The van der Waals surface area contributed by atoms with E-state index in [1.54, 1.807) is 0 Å². The van der Waals surface area contributed by atoms with Crippen molar-refractivity contribution in [2.24, 2.45) is 0 Å². The molecule has 0 radical (unpaired) electrons. The van der Waals surface area contributed by atoms with Crippen LogP contribution >= 0.6 is 0 Å². The van der Waals surface area contributed by atoms with E-state index in [4.69, 9.17) is 0 Å². The molecule has 0 heteroatoms. The van der Waals surface area contributed by atoms with Crippen LogP contribution in [-0.2, 0) is 0 Å². The van der Waals surface area contributed by atoms with Gasteiger partial charge in [-0.2, -0.15) is 0 Å². The fourth-order valence-electron chi connectivity index (χ4n) is 4.62. The van der Waals surface area contributed by atoms with Gasteiger partial charge < -0.3 is 0 Å². The maximum atomic E-state index is 2.36. The molecule has 6 aromatic carbocycles. The van der Waals surface area contributed by atoms with Gasteiger partial charge in [-0.05, 0) is 78.5 Å². The second-order valence-corrected chi connectivity index (χ2v) is 7.07. The second kappa shape index (κ2) is 4.49. The van der Waals surface area contributed by atoms with Gasteiger partial charge in [0.25, 0.3) is 0 Å². The second-order valence-electron chi connectivity index (χ2n) is 7.07. The van der Waals surface area contributed by atoms with E-state index < -0.39 is 0 Å². The maximum Gasteiger partial charge on any atom is -0.00175 e. The van der Waals surface area contributed by atoms with Crippen molar-refractivity contribution in [1.29, 1.82) is 0 Å². The first-order valence-corrected chi connectivity index (χ1v) is 8.80. The Morgan fingerprint density at radius 2 is 1.12 bits per heavy atom. The number of rotatable bonds is 0. The summed E-state index contributed by atoms with van der Waals surface area (Å²) in [5, 5.41) is 13.6. The molecule has 0 saturated heterocycles. The third-order valence-electron chi connectivity index (χ3n) is 5.65. The van der Waals surface area contributed by atoms with E-state index in [0.29, 0.717) is 0 Å². The van der Waals surface area contributed by atoms with Crippen molar-refractivity contribution in [1.82, 2.24) is 0 Å². The summed E-state index contributed by atoms with van der Waals surface area (Å²) in [6.45, 7) is 2.25. The Labute approximate surface area is 145 Å². The molecule has 0 spiro atoms. The zero-order valence-electron chi connectivity index (χ0n) is 14.0. The van der Waals surface area contributed by atoms with Crippen LogP contribution in [-0.4, -0.2) is 0 Å². The molecule has 0 nitrogen and oxygen atoms in total. The predicted octanol–water partition coefficient (Wildman–Crippen LogP) is 7.20. The van der Waals surface area contributed by atoms with Crippen LogP contribution in [0.5, 0.6) is 0 Å². The highest BCUT2D eigenvalue weighted by Crippen LogP contribution is 2.42. The van der Waals surface area contributed by atoms with Crippen molar-refractivity contribution in [2.75, 3.05) is 0 Å². The molecule has 0 heterocycles. The van der Waals surface area contributed by atoms with E-state index in [-0.39, 0.29) is 0 Å². The Kier molecular flexibility index (Phi) is 2.37. The fraction of sp³-hybridized carbons (Fsp3) is 0.0400. The number of hydrogen-bond acceptors (Lipinski definition) is 0. The van der Waals surface area contributed by atoms with Crippen LogP contribution in [0.3, 0.4) is 0 Å². The Morgan fingerprint density at radius 3 is 1.96 bits per heavy atom. The summed E-state index contributed by atoms with van der Waals surface area (Å²) in [6.07, 6.45) is 0. The summed E-state index contributed by atoms with van der Waals surface area (Å²) in [5.74, 6) is 0. The van der Waals surface area contributed by atoms with Crippen molar-refractivity contribution in [2.45, 2.75) is 6.92 Å². The smallest absolute Gasteiger partial charge is 0.00175 e. The Hall–Kier alpha value is -3.12. The van der Waals surface area contributed by atoms with E-state index in [1.165, 1.54) is 59.4 Å². The van der Waals surface area contributed by atoms with Crippen LogP contribution in [0.4, 0.5) is 0 Å². The molecule has 25 heavy (non-hydrogen) atoms. The van der Waals surface area contributed by atoms with Crippen LogP contribution in [0.2, 0.25) is 0 Å². The molecule has 116 valence electrons. The molecule has 6 rings (SSSR count). The van der Waals surface area contributed by atoms with Gasteiger partial charge in [0.2, 0.25) is 0 Å². The van der Waals surface area contributed by atoms with E-state index in [1.807, 2.05) is 0 Å². The van der Waals surface area contributed by atoms with Crippen LogP contribution in [0.1, 0.15) is 5.56 Å². The van der Waals surface area contributed by atoms with Gasteiger partial charge in [-0.15, -0.1) is 0 Å². The zero-order chi connectivity index (χ0) is 16.5. The maximum absolute atomic E-state index is 2.36.